The Balaban J connectivity index is 1.98. The first-order valence-electron chi connectivity index (χ1n) is 7.78. The fraction of sp³-hybridized carbons (Fsp3) is 0.333. The maximum Gasteiger partial charge on any atom is 0.183 e. The van der Waals surface area contributed by atoms with Crippen LogP contribution in [-0.2, 0) is 9.84 Å². The topological polar surface area (TPSA) is 95.4 Å². The second kappa shape index (κ2) is 5.88. The molecule has 4 N–H and O–H groups in total. The Morgan fingerprint density at radius 1 is 1.08 bits per heavy atom. The van der Waals surface area contributed by atoms with E-state index in [9.17, 15) is 8.42 Å². The minimum atomic E-state index is -3.55. The van der Waals surface area contributed by atoms with E-state index in [0.29, 0.717) is 5.75 Å². The zero-order valence-corrected chi connectivity index (χ0v) is 14.6. The highest BCUT2D eigenvalue weighted by Crippen LogP contribution is 2.55. The molecule has 6 heteroatoms. The molecule has 0 amide bonds. The van der Waals surface area contributed by atoms with Gasteiger partial charge in [0, 0.05) is 12.5 Å². The van der Waals surface area contributed by atoms with Gasteiger partial charge in [0.05, 0.1) is 22.8 Å². The van der Waals surface area contributed by atoms with Crippen LogP contribution in [0.3, 0.4) is 0 Å². The molecule has 1 saturated carbocycles. The fourth-order valence-corrected chi connectivity index (χ4v) is 5.62. The third kappa shape index (κ3) is 2.60. The van der Waals surface area contributed by atoms with Gasteiger partial charge in [-0.15, -0.1) is 0 Å². The SMILES string of the molecule is COc1ccc([C@H]2[C@H](S(=O)(=O)c3ccc(C)cc3)[C@@]2(N)CN)cc1. The van der Waals surface area contributed by atoms with Crippen LogP contribution in [0.15, 0.2) is 53.4 Å². The molecule has 3 rings (SSSR count). The predicted molar refractivity (Wildman–Crippen MR) is 93.9 cm³/mol. The van der Waals surface area contributed by atoms with E-state index in [1.54, 1.807) is 43.5 Å². The molecule has 1 aliphatic carbocycles. The lowest BCUT2D eigenvalue weighted by molar-refractivity contribution is 0.414. The molecule has 1 fully saturated rings. The Labute approximate surface area is 142 Å². The van der Waals surface area contributed by atoms with E-state index in [1.165, 1.54) is 0 Å². The van der Waals surface area contributed by atoms with Crippen LogP contribution in [0.1, 0.15) is 17.0 Å². The molecule has 1 aliphatic rings. The summed E-state index contributed by atoms with van der Waals surface area (Å²) in [6, 6.07) is 14.2. The van der Waals surface area contributed by atoms with E-state index in [-0.39, 0.29) is 17.4 Å². The molecule has 3 atom stereocenters. The Hall–Kier alpha value is -1.89. The van der Waals surface area contributed by atoms with E-state index >= 15 is 0 Å². The second-order valence-corrected chi connectivity index (χ2v) is 8.42. The van der Waals surface area contributed by atoms with Crippen molar-refractivity contribution >= 4 is 9.84 Å². The number of hydrogen-bond donors (Lipinski definition) is 2. The van der Waals surface area contributed by atoms with E-state index < -0.39 is 20.6 Å². The van der Waals surface area contributed by atoms with Crippen molar-refractivity contribution in [2.24, 2.45) is 11.5 Å². The fourth-order valence-electron chi connectivity index (χ4n) is 3.30. The number of sulfone groups is 1. The normalized spacial score (nSPS) is 26.2. The van der Waals surface area contributed by atoms with Crippen LogP contribution in [0, 0.1) is 6.92 Å². The van der Waals surface area contributed by atoms with Gasteiger partial charge in [-0.25, -0.2) is 8.42 Å². The molecular weight excluding hydrogens is 324 g/mol. The lowest BCUT2D eigenvalue weighted by Crippen LogP contribution is -2.39. The minimum Gasteiger partial charge on any atom is -0.497 e. The molecule has 128 valence electrons. The number of nitrogens with two attached hydrogens (primary N) is 2. The summed E-state index contributed by atoms with van der Waals surface area (Å²) < 4.78 is 31.2. The monoisotopic (exact) mass is 346 g/mol. The van der Waals surface area contributed by atoms with Crippen molar-refractivity contribution in [2.75, 3.05) is 13.7 Å². The molecule has 0 aliphatic heterocycles. The first-order valence-corrected chi connectivity index (χ1v) is 9.32. The summed E-state index contributed by atoms with van der Waals surface area (Å²) in [6.45, 7) is 2.03. The van der Waals surface area contributed by atoms with Crippen LogP contribution in [0.2, 0.25) is 0 Å². The van der Waals surface area contributed by atoms with Crippen molar-refractivity contribution in [1.29, 1.82) is 0 Å². The number of aryl methyl sites for hydroxylation is 1. The first kappa shape index (κ1) is 17.0. The standard InChI is InChI=1S/C18H22N2O3S/c1-12-3-9-15(10-4-12)24(21,22)17-16(18(17,20)11-19)13-5-7-14(23-2)8-6-13/h3-10,16-17H,11,19-20H2,1-2H3/t16-,17-,18+/m0/s1. The predicted octanol–water partition coefficient (Wildman–Crippen LogP) is 1.60. The molecule has 2 aromatic carbocycles. The maximum atomic E-state index is 13.0. The van der Waals surface area contributed by atoms with Gasteiger partial charge < -0.3 is 16.2 Å². The molecular formula is C18H22N2O3S. The summed E-state index contributed by atoms with van der Waals surface area (Å²) >= 11 is 0. The summed E-state index contributed by atoms with van der Waals surface area (Å²) in [7, 11) is -1.96. The smallest absolute Gasteiger partial charge is 0.183 e. The molecule has 0 aromatic heterocycles. The van der Waals surface area contributed by atoms with Gasteiger partial charge in [-0.3, -0.25) is 0 Å². The summed E-state index contributed by atoms with van der Waals surface area (Å²) in [5.74, 6) is 0.396. The molecule has 0 bridgehead atoms. The number of methoxy groups -OCH3 is 1. The first-order chi connectivity index (χ1) is 11.3. The highest BCUT2D eigenvalue weighted by molar-refractivity contribution is 7.92. The van der Waals surface area contributed by atoms with E-state index in [0.717, 1.165) is 11.1 Å². The molecule has 0 radical (unpaired) electrons. The molecule has 0 unspecified atom stereocenters. The minimum absolute atomic E-state index is 0.111. The zero-order chi connectivity index (χ0) is 17.5. The second-order valence-electron chi connectivity index (χ2n) is 6.35. The summed E-state index contributed by atoms with van der Waals surface area (Å²) in [5.41, 5.74) is 13.1. The van der Waals surface area contributed by atoms with Gasteiger partial charge >= 0.3 is 0 Å². The van der Waals surface area contributed by atoms with Gasteiger partial charge in [-0.05, 0) is 36.8 Å². The van der Waals surface area contributed by atoms with E-state index in [4.69, 9.17) is 16.2 Å². The Kier molecular flexibility index (Phi) is 4.15. The summed E-state index contributed by atoms with van der Waals surface area (Å²) in [5, 5.41) is -0.717. The van der Waals surface area contributed by atoms with Crippen LogP contribution in [0.4, 0.5) is 0 Å². The molecule has 0 saturated heterocycles. The molecule has 2 aromatic rings. The van der Waals surface area contributed by atoms with Crippen molar-refractivity contribution in [2.45, 2.75) is 28.5 Å². The Morgan fingerprint density at radius 2 is 1.67 bits per heavy atom. The molecule has 0 heterocycles. The average molecular weight is 346 g/mol. The lowest BCUT2D eigenvalue weighted by Gasteiger charge is -2.09. The molecule has 24 heavy (non-hydrogen) atoms. The van der Waals surface area contributed by atoms with Crippen LogP contribution < -0.4 is 16.2 Å². The molecule has 0 spiro atoms. The number of hydrogen-bond acceptors (Lipinski definition) is 5. The van der Waals surface area contributed by atoms with Gasteiger partial charge in [0.1, 0.15) is 5.75 Å². The van der Waals surface area contributed by atoms with Crippen molar-refractivity contribution in [3.63, 3.8) is 0 Å². The highest BCUT2D eigenvalue weighted by Gasteiger charge is 2.68. The van der Waals surface area contributed by atoms with Gasteiger partial charge in [-0.2, -0.15) is 0 Å². The Morgan fingerprint density at radius 3 is 2.17 bits per heavy atom. The van der Waals surface area contributed by atoms with Crippen LogP contribution in [-0.4, -0.2) is 32.9 Å². The van der Waals surface area contributed by atoms with Gasteiger partial charge in [0.2, 0.25) is 0 Å². The largest absolute Gasteiger partial charge is 0.497 e. The van der Waals surface area contributed by atoms with Crippen molar-refractivity contribution in [3.8, 4) is 5.75 Å². The van der Waals surface area contributed by atoms with Gasteiger partial charge in [-0.1, -0.05) is 29.8 Å². The van der Waals surface area contributed by atoms with Crippen molar-refractivity contribution in [1.82, 2.24) is 0 Å². The summed E-state index contributed by atoms with van der Waals surface area (Å²) in [6.07, 6.45) is 0. The van der Waals surface area contributed by atoms with Crippen LogP contribution in [0.5, 0.6) is 5.75 Å². The van der Waals surface area contributed by atoms with Crippen molar-refractivity contribution in [3.05, 3.63) is 59.7 Å². The maximum absolute atomic E-state index is 13.0. The number of ether oxygens (including phenoxy) is 1. The number of benzene rings is 2. The highest BCUT2D eigenvalue weighted by atomic mass is 32.2. The van der Waals surface area contributed by atoms with Gasteiger partial charge in [0.15, 0.2) is 9.84 Å². The Bertz CT molecular complexity index is 832. The summed E-state index contributed by atoms with van der Waals surface area (Å²) in [4.78, 5) is 0.289. The quantitative estimate of drug-likeness (QED) is 0.857. The van der Waals surface area contributed by atoms with E-state index in [1.807, 2.05) is 19.1 Å². The van der Waals surface area contributed by atoms with Gasteiger partial charge in [0.25, 0.3) is 0 Å². The van der Waals surface area contributed by atoms with Crippen molar-refractivity contribution < 1.29 is 13.2 Å². The zero-order valence-electron chi connectivity index (χ0n) is 13.8. The van der Waals surface area contributed by atoms with E-state index in [2.05, 4.69) is 0 Å². The van der Waals surface area contributed by atoms with Crippen LogP contribution in [0.25, 0.3) is 0 Å². The average Bonchev–Trinajstić information content (AvgIpc) is 3.23. The number of rotatable bonds is 5. The lowest BCUT2D eigenvalue weighted by atomic mass is 10.1. The third-order valence-corrected chi connectivity index (χ3v) is 7.12. The van der Waals surface area contributed by atoms with Crippen LogP contribution >= 0.6 is 0 Å². The third-order valence-electron chi connectivity index (χ3n) is 4.81. The molecule has 5 nitrogen and oxygen atoms in total.